The zero-order valence-corrected chi connectivity index (χ0v) is 24.0. The van der Waals surface area contributed by atoms with E-state index in [9.17, 15) is 18.0 Å². The molecule has 0 amide bonds. The van der Waals surface area contributed by atoms with Crippen molar-refractivity contribution in [3.8, 4) is 5.75 Å². The molecule has 0 saturated heterocycles. The van der Waals surface area contributed by atoms with E-state index in [0.29, 0.717) is 17.8 Å². The van der Waals surface area contributed by atoms with Gasteiger partial charge in [-0.25, -0.2) is 0 Å². The van der Waals surface area contributed by atoms with Crippen LogP contribution < -0.4 is 4.74 Å². The van der Waals surface area contributed by atoms with Crippen molar-refractivity contribution in [3.05, 3.63) is 29.8 Å². The molecule has 6 heteroatoms. The summed E-state index contributed by atoms with van der Waals surface area (Å²) < 4.78 is 51.3. The highest BCUT2D eigenvalue weighted by Crippen LogP contribution is 2.60. The van der Waals surface area contributed by atoms with Gasteiger partial charge in [-0.1, -0.05) is 32.9 Å². The molecule has 1 aromatic carbocycles. The van der Waals surface area contributed by atoms with Gasteiger partial charge in [0.25, 0.3) is 0 Å². The summed E-state index contributed by atoms with van der Waals surface area (Å²) in [6.07, 6.45) is 1.60. The first-order valence-corrected chi connectivity index (χ1v) is 14.1. The number of carbonyl (C=O) groups excluding carboxylic acids is 1. The molecular weight excluding hydrogens is 477 g/mol. The smallest absolute Gasteiger partial charge is 0.404 e. The molecule has 2 unspecified atom stereocenters. The minimum Gasteiger partial charge on any atom is -0.488 e. The maximum Gasteiger partial charge on any atom is 0.404 e. The molecule has 0 N–H and O–H groups in total. The van der Waals surface area contributed by atoms with Gasteiger partial charge in [-0.2, -0.15) is 13.2 Å². The van der Waals surface area contributed by atoms with E-state index in [1.54, 1.807) is 0 Å². The molecule has 4 aliphatic carbocycles. The normalized spacial score (nSPS) is 31.1. The summed E-state index contributed by atoms with van der Waals surface area (Å²) in [5.41, 5.74) is -1.83. The lowest BCUT2D eigenvalue weighted by atomic mass is 9.50. The number of ether oxygens (including phenoxy) is 2. The summed E-state index contributed by atoms with van der Waals surface area (Å²) in [6.45, 7) is 14.9. The van der Waals surface area contributed by atoms with Gasteiger partial charge in [0, 0.05) is 0 Å². The Labute approximate surface area is 221 Å². The molecule has 0 heterocycles. The number of rotatable bonds is 6. The van der Waals surface area contributed by atoms with Gasteiger partial charge in [0.15, 0.2) is 5.41 Å². The van der Waals surface area contributed by atoms with Gasteiger partial charge in [-0.05, 0) is 127 Å². The van der Waals surface area contributed by atoms with E-state index in [4.69, 9.17) is 9.47 Å². The van der Waals surface area contributed by atoms with E-state index in [2.05, 4.69) is 58.9 Å². The van der Waals surface area contributed by atoms with Crippen molar-refractivity contribution in [1.29, 1.82) is 0 Å². The second-order valence-corrected chi connectivity index (χ2v) is 13.2. The lowest BCUT2D eigenvalue weighted by Gasteiger charge is -2.59. The van der Waals surface area contributed by atoms with E-state index >= 15 is 0 Å². The SMILES string of the molecule is CCC(C)(C(=O)OC1(C)C2CC3CC(C2)CC1C3)C(F)(F)F.CCC(C)c1ccc(OC(C)(C)C)cc1. The quantitative estimate of drug-likeness (QED) is 0.348. The first-order valence-electron chi connectivity index (χ1n) is 14.1. The lowest BCUT2D eigenvalue weighted by Crippen LogP contribution is -2.59. The predicted octanol–water partition coefficient (Wildman–Crippen LogP) is 9.10. The molecule has 5 rings (SSSR count). The van der Waals surface area contributed by atoms with Gasteiger partial charge in [0.2, 0.25) is 0 Å². The maximum absolute atomic E-state index is 13.3. The number of hydrogen-bond donors (Lipinski definition) is 0. The van der Waals surface area contributed by atoms with Crippen molar-refractivity contribution < 1.29 is 27.4 Å². The average molecular weight is 525 g/mol. The highest BCUT2D eigenvalue weighted by molar-refractivity contribution is 5.78. The average Bonchev–Trinajstić information content (AvgIpc) is 2.80. The van der Waals surface area contributed by atoms with E-state index in [0.717, 1.165) is 38.4 Å². The molecule has 0 radical (unpaired) electrons. The molecule has 4 bridgehead atoms. The fourth-order valence-electron chi connectivity index (χ4n) is 6.51. The van der Waals surface area contributed by atoms with E-state index in [-0.39, 0.29) is 23.9 Å². The third-order valence-electron chi connectivity index (χ3n) is 9.34. The second kappa shape index (κ2) is 10.8. The Morgan fingerprint density at radius 2 is 1.43 bits per heavy atom. The molecule has 0 spiro atoms. The van der Waals surface area contributed by atoms with Gasteiger partial charge in [0.05, 0.1) is 0 Å². The zero-order chi connectivity index (χ0) is 27.8. The molecule has 0 aliphatic heterocycles. The van der Waals surface area contributed by atoms with Crippen molar-refractivity contribution in [2.45, 2.75) is 124 Å². The first-order chi connectivity index (χ1) is 17.0. The molecule has 4 aliphatic rings. The Morgan fingerprint density at radius 3 is 1.81 bits per heavy atom. The van der Waals surface area contributed by atoms with Gasteiger partial charge in [-0.15, -0.1) is 0 Å². The number of alkyl halides is 3. The summed E-state index contributed by atoms with van der Waals surface area (Å²) in [7, 11) is 0. The number of carbonyl (C=O) groups is 1. The molecule has 4 saturated carbocycles. The largest absolute Gasteiger partial charge is 0.488 e. The van der Waals surface area contributed by atoms with E-state index in [1.807, 2.05) is 6.92 Å². The van der Waals surface area contributed by atoms with Crippen LogP contribution in [0.5, 0.6) is 5.75 Å². The van der Waals surface area contributed by atoms with Crippen LogP contribution in [0.3, 0.4) is 0 Å². The Balaban J connectivity index is 0.000000222. The van der Waals surface area contributed by atoms with Crippen LogP contribution in [0, 0.1) is 29.1 Å². The van der Waals surface area contributed by atoms with Gasteiger partial charge in [-0.3, -0.25) is 4.79 Å². The number of benzene rings is 1. The minimum atomic E-state index is -4.57. The van der Waals surface area contributed by atoms with Crippen molar-refractivity contribution in [2.24, 2.45) is 29.1 Å². The van der Waals surface area contributed by atoms with Crippen molar-refractivity contribution in [2.75, 3.05) is 0 Å². The predicted molar refractivity (Wildman–Crippen MR) is 142 cm³/mol. The molecule has 3 nitrogen and oxygen atoms in total. The van der Waals surface area contributed by atoms with Crippen LogP contribution >= 0.6 is 0 Å². The summed E-state index contributed by atoms with van der Waals surface area (Å²) >= 11 is 0. The number of halogens is 3. The van der Waals surface area contributed by atoms with Crippen LogP contribution in [0.25, 0.3) is 0 Å². The molecule has 210 valence electrons. The molecule has 2 atom stereocenters. The Bertz CT molecular complexity index is 887. The van der Waals surface area contributed by atoms with Crippen molar-refractivity contribution >= 4 is 5.97 Å². The van der Waals surface area contributed by atoms with Gasteiger partial charge in [0.1, 0.15) is 17.0 Å². The van der Waals surface area contributed by atoms with E-state index in [1.165, 1.54) is 25.3 Å². The number of esters is 1. The Kier molecular flexibility index (Phi) is 8.71. The Morgan fingerprint density at radius 1 is 0.946 bits per heavy atom. The van der Waals surface area contributed by atoms with Gasteiger partial charge >= 0.3 is 12.1 Å². The molecule has 1 aromatic rings. The van der Waals surface area contributed by atoms with Crippen LogP contribution in [-0.4, -0.2) is 23.3 Å². The molecule has 0 aromatic heterocycles. The zero-order valence-electron chi connectivity index (χ0n) is 24.0. The summed E-state index contributed by atoms with van der Waals surface area (Å²) in [5.74, 6) is 2.36. The molecule has 37 heavy (non-hydrogen) atoms. The lowest BCUT2D eigenvalue weighted by molar-refractivity contribution is -0.253. The van der Waals surface area contributed by atoms with Crippen LogP contribution in [-0.2, 0) is 9.53 Å². The summed E-state index contributed by atoms with van der Waals surface area (Å²) in [5, 5.41) is 0. The Hall–Kier alpha value is -1.72. The van der Waals surface area contributed by atoms with Crippen LogP contribution in [0.1, 0.15) is 112 Å². The fourth-order valence-corrected chi connectivity index (χ4v) is 6.51. The van der Waals surface area contributed by atoms with Crippen LogP contribution in [0.2, 0.25) is 0 Å². The van der Waals surface area contributed by atoms with Gasteiger partial charge < -0.3 is 9.47 Å². The monoisotopic (exact) mass is 524 g/mol. The topological polar surface area (TPSA) is 35.5 Å². The standard InChI is InChI=1S/C17H25F3O2.C14H22O/c1-4-15(2,17(18,19)20)14(21)22-16(3)12-6-10-5-11(8-12)9-13(16)7-10;1-6-11(2)12-7-9-13(10-8-12)15-14(3,4)5/h10-13H,4-9H2,1-3H3;7-11H,6H2,1-5H3. The first kappa shape index (κ1) is 29.8. The maximum atomic E-state index is 13.3. The highest BCUT2D eigenvalue weighted by Gasteiger charge is 2.61. The molecule has 4 fully saturated rings. The van der Waals surface area contributed by atoms with E-state index < -0.39 is 23.2 Å². The third-order valence-corrected chi connectivity index (χ3v) is 9.34. The minimum absolute atomic E-state index is 0.113. The number of hydrogen-bond acceptors (Lipinski definition) is 3. The highest BCUT2D eigenvalue weighted by atomic mass is 19.4. The summed E-state index contributed by atoms with van der Waals surface area (Å²) in [4.78, 5) is 12.4. The third kappa shape index (κ3) is 6.47. The van der Waals surface area contributed by atoms with Crippen molar-refractivity contribution in [3.63, 3.8) is 0 Å². The molecular formula is C31H47F3O3. The fraction of sp³-hybridized carbons (Fsp3) is 0.774. The van der Waals surface area contributed by atoms with Crippen LogP contribution in [0.15, 0.2) is 24.3 Å². The second-order valence-electron chi connectivity index (χ2n) is 13.2. The van der Waals surface area contributed by atoms with Crippen LogP contribution in [0.4, 0.5) is 13.2 Å². The summed E-state index contributed by atoms with van der Waals surface area (Å²) in [6, 6.07) is 8.45. The van der Waals surface area contributed by atoms with Crippen molar-refractivity contribution in [1.82, 2.24) is 0 Å².